The third kappa shape index (κ3) is 4.26. The standard InChI is InChI=1S/C21H32N2O3/c1-4-21(5-2,17-10-8-7-9-11-17)20(26)23-14-12-18(13-15-23)22(6-3)16-19(24)25/h7-11,18H,4-6,12-16H2,1-3H3,(H,24,25). The number of amides is 1. The molecule has 1 aromatic rings. The van der Waals surface area contributed by atoms with Crippen LogP contribution in [0.25, 0.3) is 0 Å². The molecule has 1 fully saturated rings. The number of nitrogens with zero attached hydrogens (tertiary/aromatic N) is 2. The van der Waals surface area contributed by atoms with Gasteiger partial charge in [0.2, 0.25) is 5.91 Å². The fraction of sp³-hybridized carbons (Fsp3) is 0.619. The van der Waals surface area contributed by atoms with E-state index in [1.54, 1.807) is 0 Å². The van der Waals surface area contributed by atoms with E-state index in [9.17, 15) is 9.59 Å². The van der Waals surface area contributed by atoms with Crippen molar-refractivity contribution in [3.63, 3.8) is 0 Å². The Hall–Kier alpha value is -1.88. The number of piperidine rings is 1. The van der Waals surface area contributed by atoms with E-state index in [4.69, 9.17) is 5.11 Å². The number of carbonyl (C=O) groups is 2. The summed E-state index contributed by atoms with van der Waals surface area (Å²) in [7, 11) is 0. The number of rotatable bonds is 8. The largest absolute Gasteiger partial charge is 0.480 e. The highest BCUT2D eigenvalue weighted by Crippen LogP contribution is 2.35. The van der Waals surface area contributed by atoms with Crippen molar-refractivity contribution >= 4 is 11.9 Å². The molecule has 2 rings (SSSR count). The first-order valence-corrected chi connectivity index (χ1v) is 9.79. The Labute approximate surface area is 157 Å². The maximum Gasteiger partial charge on any atom is 0.317 e. The molecule has 5 heteroatoms. The molecule has 1 aliphatic rings. The van der Waals surface area contributed by atoms with E-state index in [1.807, 2.05) is 34.9 Å². The lowest BCUT2D eigenvalue weighted by atomic mass is 9.74. The number of carbonyl (C=O) groups excluding carboxylic acids is 1. The predicted octanol–water partition coefficient (Wildman–Crippen LogP) is 3.14. The van der Waals surface area contributed by atoms with Crippen LogP contribution >= 0.6 is 0 Å². The van der Waals surface area contributed by atoms with Crippen LogP contribution in [-0.4, -0.2) is 59.0 Å². The molecular weight excluding hydrogens is 328 g/mol. The molecule has 26 heavy (non-hydrogen) atoms. The Kier molecular flexibility index (Phi) is 7.21. The van der Waals surface area contributed by atoms with E-state index in [0.717, 1.165) is 37.8 Å². The van der Waals surface area contributed by atoms with E-state index in [0.29, 0.717) is 13.1 Å². The Morgan fingerprint density at radius 3 is 2.15 bits per heavy atom. The van der Waals surface area contributed by atoms with Crippen molar-refractivity contribution < 1.29 is 14.7 Å². The third-order valence-electron chi connectivity index (χ3n) is 5.96. The summed E-state index contributed by atoms with van der Waals surface area (Å²) < 4.78 is 0. The lowest BCUT2D eigenvalue weighted by molar-refractivity contribution is -0.142. The minimum atomic E-state index is -0.787. The van der Waals surface area contributed by atoms with Crippen molar-refractivity contribution in [2.45, 2.75) is 57.9 Å². The summed E-state index contributed by atoms with van der Waals surface area (Å²) in [5, 5.41) is 9.08. The molecule has 0 spiro atoms. The highest BCUT2D eigenvalue weighted by atomic mass is 16.4. The first-order valence-electron chi connectivity index (χ1n) is 9.79. The fourth-order valence-electron chi connectivity index (χ4n) is 4.25. The van der Waals surface area contributed by atoms with Gasteiger partial charge in [0.05, 0.1) is 12.0 Å². The molecule has 1 saturated heterocycles. The molecule has 5 nitrogen and oxygen atoms in total. The van der Waals surface area contributed by atoms with Crippen LogP contribution in [-0.2, 0) is 15.0 Å². The smallest absolute Gasteiger partial charge is 0.317 e. The average Bonchev–Trinajstić information content (AvgIpc) is 2.68. The Bertz CT molecular complexity index is 591. The first-order chi connectivity index (χ1) is 12.5. The second-order valence-electron chi connectivity index (χ2n) is 7.14. The molecule has 0 aliphatic carbocycles. The van der Waals surface area contributed by atoms with Crippen molar-refractivity contribution in [2.24, 2.45) is 0 Å². The van der Waals surface area contributed by atoms with Crippen LogP contribution in [0.2, 0.25) is 0 Å². The highest BCUT2D eigenvalue weighted by molar-refractivity contribution is 5.88. The second-order valence-corrected chi connectivity index (χ2v) is 7.14. The summed E-state index contributed by atoms with van der Waals surface area (Å²) in [6.07, 6.45) is 3.25. The van der Waals surface area contributed by atoms with Gasteiger partial charge in [-0.25, -0.2) is 0 Å². The van der Waals surface area contributed by atoms with E-state index >= 15 is 0 Å². The molecule has 1 heterocycles. The lowest BCUT2D eigenvalue weighted by Crippen LogP contribution is -2.52. The van der Waals surface area contributed by atoms with E-state index in [-0.39, 0.29) is 18.5 Å². The minimum absolute atomic E-state index is 0.0764. The molecule has 0 atom stereocenters. The molecule has 0 radical (unpaired) electrons. The van der Waals surface area contributed by atoms with Crippen molar-refractivity contribution in [3.8, 4) is 0 Å². The molecule has 144 valence electrons. The number of likely N-dealkylation sites (tertiary alicyclic amines) is 1. The molecule has 0 unspecified atom stereocenters. The summed E-state index contributed by atoms with van der Waals surface area (Å²) in [6.45, 7) is 8.38. The second kappa shape index (κ2) is 9.17. The van der Waals surface area contributed by atoms with Crippen molar-refractivity contribution in [1.82, 2.24) is 9.80 Å². The average molecular weight is 360 g/mol. The van der Waals surface area contributed by atoms with Crippen LogP contribution in [0.4, 0.5) is 0 Å². The van der Waals surface area contributed by atoms with Gasteiger partial charge in [-0.05, 0) is 37.8 Å². The van der Waals surface area contributed by atoms with E-state index < -0.39 is 11.4 Å². The maximum absolute atomic E-state index is 13.4. The van der Waals surface area contributed by atoms with Gasteiger partial charge in [-0.15, -0.1) is 0 Å². The van der Waals surface area contributed by atoms with Crippen molar-refractivity contribution in [1.29, 1.82) is 0 Å². The molecule has 0 bridgehead atoms. The van der Waals surface area contributed by atoms with Crippen LogP contribution < -0.4 is 0 Å². The molecule has 1 amide bonds. The van der Waals surface area contributed by atoms with Gasteiger partial charge in [-0.2, -0.15) is 0 Å². The van der Waals surface area contributed by atoms with Crippen LogP contribution in [0.3, 0.4) is 0 Å². The zero-order valence-electron chi connectivity index (χ0n) is 16.3. The number of hydrogen-bond donors (Lipinski definition) is 1. The van der Waals surface area contributed by atoms with Gasteiger partial charge in [0.25, 0.3) is 0 Å². The Balaban J connectivity index is 2.09. The van der Waals surface area contributed by atoms with Gasteiger partial charge >= 0.3 is 5.97 Å². The molecule has 0 aromatic heterocycles. The molecule has 0 saturated carbocycles. The van der Waals surface area contributed by atoms with Crippen LogP contribution in [0.15, 0.2) is 30.3 Å². The van der Waals surface area contributed by atoms with Crippen LogP contribution in [0, 0.1) is 0 Å². The predicted molar refractivity (Wildman–Crippen MR) is 103 cm³/mol. The minimum Gasteiger partial charge on any atom is -0.480 e. The van der Waals surface area contributed by atoms with Crippen LogP contribution in [0.5, 0.6) is 0 Å². The van der Waals surface area contributed by atoms with Crippen molar-refractivity contribution in [3.05, 3.63) is 35.9 Å². The zero-order valence-corrected chi connectivity index (χ0v) is 16.3. The van der Waals surface area contributed by atoms with Gasteiger partial charge in [0, 0.05) is 19.1 Å². The number of aliphatic carboxylic acids is 1. The van der Waals surface area contributed by atoms with Crippen molar-refractivity contribution in [2.75, 3.05) is 26.2 Å². The monoisotopic (exact) mass is 360 g/mol. The van der Waals surface area contributed by atoms with Crippen LogP contribution in [0.1, 0.15) is 52.0 Å². The normalized spacial score (nSPS) is 16.1. The number of hydrogen-bond acceptors (Lipinski definition) is 3. The molecule has 1 N–H and O–H groups in total. The summed E-state index contributed by atoms with van der Waals surface area (Å²) in [6, 6.07) is 10.3. The summed E-state index contributed by atoms with van der Waals surface area (Å²) in [5.41, 5.74) is 0.637. The number of likely N-dealkylation sites (N-methyl/N-ethyl adjacent to an activating group) is 1. The van der Waals surface area contributed by atoms with Gasteiger partial charge < -0.3 is 10.0 Å². The quantitative estimate of drug-likeness (QED) is 0.774. The maximum atomic E-state index is 13.4. The van der Waals surface area contributed by atoms with Gasteiger partial charge in [-0.1, -0.05) is 51.1 Å². The summed E-state index contributed by atoms with van der Waals surface area (Å²) in [4.78, 5) is 28.5. The fourth-order valence-corrected chi connectivity index (χ4v) is 4.25. The van der Waals surface area contributed by atoms with E-state index in [1.165, 1.54) is 0 Å². The zero-order chi connectivity index (χ0) is 19.2. The Morgan fingerprint density at radius 1 is 1.12 bits per heavy atom. The molecule has 1 aliphatic heterocycles. The van der Waals surface area contributed by atoms with Gasteiger partial charge in [-0.3, -0.25) is 14.5 Å². The van der Waals surface area contributed by atoms with Gasteiger partial charge in [0.15, 0.2) is 0 Å². The third-order valence-corrected chi connectivity index (χ3v) is 5.96. The summed E-state index contributed by atoms with van der Waals surface area (Å²) >= 11 is 0. The lowest BCUT2D eigenvalue weighted by Gasteiger charge is -2.42. The first kappa shape index (κ1) is 20.4. The SMILES string of the molecule is CCN(CC(=O)O)C1CCN(C(=O)C(CC)(CC)c2ccccc2)CC1. The number of carboxylic acids is 1. The summed E-state index contributed by atoms with van der Waals surface area (Å²) in [5.74, 6) is -0.571. The highest BCUT2D eigenvalue weighted by Gasteiger charge is 2.41. The van der Waals surface area contributed by atoms with E-state index in [2.05, 4.69) is 26.0 Å². The Morgan fingerprint density at radius 2 is 1.69 bits per heavy atom. The number of carboxylic acid groups (broad SMARTS) is 1. The molecular formula is C21H32N2O3. The topological polar surface area (TPSA) is 60.9 Å². The van der Waals surface area contributed by atoms with Gasteiger partial charge in [0.1, 0.15) is 0 Å². The number of benzene rings is 1. The molecule has 1 aromatic carbocycles.